The number of anilines is 2. The zero-order chi connectivity index (χ0) is 14.7. The van der Waals surface area contributed by atoms with E-state index in [1.165, 1.54) is 0 Å². The maximum Gasteiger partial charge on any atom is 0.255 e. The highest BCUT2D eigenvalue weighted by molar-refractivity contribution is 6.04. The molecular weight excluding hydrogens is 268 g/mol. The maximum absolute atomic E-state index is 12.1. The lowest BCUT2D eigenvalue weighted by Gasteiger charge is -2.08. The van der Waals surface area contributed by atoms with Crippen LogP contribution in [0.5, 0.6) is 0 Å². The minimum absolute atomic E-state index is 0.174. The van der Waals surface area contributed by atoms with Gasteiger partial charge < -0.3 is 15.8 Å². The standard InChI is InChI=1S/C15H18N4O2/c16-12-5-3-11(4-6-12)15(20)18-13-8-17-19(9-13)10-14-2-1-7-21-14/h3-6,8-9,14H,1-2,7,10,16H2,(H,18,20). The van der Waals surface area contributed by atoms with E-state index in [-0.39, 0.29) is 12.0 Å². The molecule has 21 heavy (non-hydrogen) atoms. The smallest absolute Gasteiger partial charge is 0.255 e. The highest BCUT2D eigenvalue weighted by Gasteiger charge is 2.16. The fraction of sp³-hybridized carbons (Fsp3) is 0.333. The number of ether oxygens (including phenoxy) is 1. The Hall–Kier alpha value is -2.34. The van der Waals surface area contributed by atoms with E-state index in [1.807, 2.05) is 6.20 Å². The number of benzene rings is 1. The Morgan fingerprint density at radius 1 is 1.43 bits per heavy atom. The first kappa shape index (κ1) is 13.6. The first-order valence-corrected chi connectivity index (χ1v) is 7.02. The first-order chi connectivity index (χ1) is 10.2. The number of rotatable bonds is 4. The molecule has 0 spiro atoms. The number of hydrogen-bond acceptors (Lipinski definition) is 4. The lowest BCUT2D eigenvalue weighted by atomic mass is 10.2. The van der Waals surface area contributed by atoms with Crippen molar-refractivity contribution in [2.75, 3.05) is 17.7 Å². The molecule has 0 bridgehead atoms. The van der Waals surface area contributed by atoms with Gasteiger partial charge in [-0.1, -0.05) is 0 Å². The Morgan fingerprint density at radius 3 is 2.95 bits per heavy atom. The predicted octanol–water partition coefficient (Wildman–Crippen LogP) is 1.90. The van der Waals surface area contributed by atoms with E-state index in [4.69, 9.17) is 10.5 Å². The second-order valence-electron chi connectivity index (χ2n) is 5.16. The first-order valence-electron chi connectivity index (χ1n) is 7.02. The number of hydrogen-bond donors (Lipinski definition) is 2. The molecule has 0 aliphatic carbocycles. The number of carbonyl (C=O) groups excluding carboxylic acids is 1. The molecule has 1 aliphatic heterocycles. The van der Waals surface area contributed by atoms with Crippen molar-refractivity contribution < 1.29 is 9.53 Å². The minimum Gasteiger partial charge on any atom is -0.399 e. The van der Waals surface area contributed by atoms with Gasteiger partial charge in [-0.25, -0.2) is 0 Å². The van der Waals surface area contributed by atoms with Gasteiger partial charge in [0.15, 0.2) is 0 Å². The van der Waals surface area contributed by atoms with Crippen LogP contribution in [0.1, 0.15) is 23.2 Å². The van der Waals surface area contributed by atoms with Gasteiger partial charge in [0.25, 0.3) is 5.91 Å². The molecule has 6 nitrogen and oxygen atoms in total. The van der Waals surface area contributed by atoms with Gasteiger partial charge in [0.05, 0.1) is 24.5 Å². The molecule has 6 heteroatoms. The van der Waals surface area contributed by atoms with Crippen LogP contribution < -0.4 is 11.1 Å². The number of nitrogen functional groups attached to an aromatic ring is 1. The SMILES string of the molecule is Nc1ccc(C(=O)Nc2cnn(CC3CCCO3)c2)cc1. The molecule has 1 fully saturated rings. The Balaban J connectivity index is 1.61. The van der Waals surface area contributed by atoms with Crippen molar-refractivity contribution in [3.05, 3.63) is 42.2 Å². The van der Waals surface area contributed by atoms with Crippen LogP contribution >= 0.6 is 0 Å². The molecule has 1 amide bonds. The van der Waals surface area contributed by atoms with Gasteiger partial charge >= 0.3 is 0 Å². The van der Waals surface area contributed by atoms with Gasteiger partial charge in [0, 0.05) is 24.1 Å². The van der Waals surface area contributed by atoms with Crippen molar-refractivity contribution in [3.8, 4) is 0 Å². The summed E-state index contributed by atoms with van der Waals surface area (Å²) < 4.78 is 7.37. The van der Waals surface area contributed by atoms with Gasteiger partial charge in [0.2, 0.25) is 0 Å². The molecule has 1 aromatic carbocycles. The number of nitrogens with two attached hydrogens (primary N) is 1. The average molecular weight is 286 g/mol. The molecule has 3 rings (SSSR count). The summed E-state index contributed by atoms with van der Waals surface area (Å²) >= 11 is 0. The summed E-state index contributed by atoms with van der Waals surface area (Å²) in [5.74, 6) is -0.174. The molecule has 110 valence electrons. The number of nitrogens with zero attached hydrogens (tertiary/aromatic N) is 2. The van der Waals surface area contributed by atoms with Crippen molar-refractivity contribution >= 4 is 17.3 Å². The Kier molecular flexibility index (Phi) is 3.87. The summed E-state index contributed by atoms with van der Waals surface area (Å²) in [5, 5.41) is 7.06. The monoisotopic (exact) mass is 286 g/mol. The van der Waals surface area contributed by atoms with E-state index in [2.05, 4.69) is 10.4 Å². The van der Waals surface area contributed by atoms with Crippen LogP contribution in [0.4, 0.5) is 11.4 Å². The fourth-order valence-corrected chi connectivity index (χ4v) is 2.36. The van der Waals surface area contributed by atoms with E-state index < -0.39 is 0 Å². The summed E-state index contributed by atoms with van der Waals surface area (Å²) in [4.78, 5) is 12.1. The predicted molar refractivity (Wildman–Crippen MR) is 80.0 cm³/mol. The Morgan fingerprint density at radius 2 is 2.24 bits per heavy atom. The summed E-state index contributed by atoms with van der Waals surface area (Å²) in [7, 11) is 0. The number of carbonyl (C=O) groups is 1. The second-order valence-corrected chi connectivity index (χ2v) is 5.16. The highest BCUT2D eigenvalue weighted by Crippen LogP contribution is 2.15. The van der Waals surface area contributed by atoms with Crippen molar-refractivity contribution in [2.45, 2.75) is 25.5 Å². The average Bonchev–Trinajstić information content (AvgIpc) is 3.12. The Bertz CT molecular complexity index is 615. The zero-order valence-electron chi connectivity index (χ0n) is 11.7. The fourth-order valence-electron chi connectivity index (χ4n) is 2.36. The van der Waals surface area contributed by atoms with Crippen LogP contribution in [0.3, 0.4) is 0 Å². The molecule has 1 atom stereocenters. The van der Waals surface area contributed by atoms with Crippen molar-refractivity contribution in [3.63, 3.8) is 0 Å². The third-order valence-electron chi connectivity index (χ3n) is 3.48. The van der Waals surface area contributed by atoms with Crippen LogP contribution in [0.2, 0.25) is 0 Å². The van der Waals surface area contributed by atoms with Gasteiger partial charge in [-0.3, -0.25) is 9.48 Å². The second kappa shape index (κ2) is 5.97. The molecule has 1 saturated heterocycles. The molecule has 1 aliphatic rings. The largest absolute Gasteiger partial charge is 0.399 e. The van der Waals surface area contributed by atoms with Crippen LogP contribution in [-0.4, -0.2) is 28.4 Å². The quantitative estimate of drug-likeness (QED) is 0.841. The van der Waals surface area contributed by atoms with Gasteiger partial charge in [-0.2, -0.15) is 5.10 Å². The molecule has 1 unspecified atom stereocenters. The lowest BCUT2D eigenvalue weighted by molar-refractivity contribution is 0.0940. The van der Waals surface area contributed by atoms with Gasteiger partial charge in [-0.05, 0) is 37.1 Å². The van der Waals surface area contributed by atoms with E-state index >= 15 is 0 Å². The summed E-state index contributed by atoms with van der Waals surface area (Å²) in [5.41, 5.74) is 7.48. The lowest BCUT2D eigenvalue weighted by Crippen LogP contribution is -2.15. The molecule has 0 radical (unpaired) electrons. The van der Waals surface area contributed by atoms with E-state index in [0.29, 0.717) is 16.9 Å². The zero-order valence-corrected chi connectivity index (χ0v) is 11.7. The summed E-state index contributed by atoms with van der Waals surface area (Å²) in [6.07, 6.45) is 5.85. The summed E-state index contributed by atoms with van der Waals surface area (Å²) in [6, 6.07) is 6.80. The highest BCUT2D eigenvalue weighted by atomic mass is 16.5. The van der Waals surface area contributed by atoms with Crippen molar-refractivity contribution in [2.24, 2.45) is 0 Å². The third kappa shape index (κ3) is 3.41. The molecule has 3 N–H and O–H groups in total. The minimum atomic E-state index is -0.174. The number of aromatic nitrogens is 2. The Labute approximate surface area is 122 Å². The molecule has 2 aromatic rings. The maximum atomic E-state index is 12.1. The van der Waals surface area contributed by atoms with Gasteiger partial charge in [-0.15, -0.1) is 0 Å². The van der Waals surface area contributed by atoms with Gasteiger partial charge in [0.1, 0.15) is 0 Å². The molecule has 2 heterocycles. The van der Waals surface area contributed by atoms with Crippen LogP contribution in [-0.2, 0) is 11.3 Å². The van der Waals surface area contributed by atoms with Crippen LogP contribution in [0.25, 0.3) is 0 Å². The van der Waals surface area contributed by atoms with E-state index in [0.717, 1.165) is 26.0 Å². The number of amides is 1. The van der Waals surface area contributed by atoms with Crippen LogP contribution in [0.15, 0.2) is 36.7 Å². The summed E-state index contributed by atoms with van der Waals surface area (Å²) in [6.45, 7) is 1.55. The topological polar surface area (TPSA) is 82.2 Å². The number of nitrogens with one attached hydrogen (secondary N) is 1. The normalized spacial score (nSPS) is 17.8. The third-order valence-corrected chi connectivity index (χ3v) is 3.48. The van der Waals surface area contributed by atoms with Crippen molar-refractivity contribution in [1.82, 2.24) is 9.78 Å². The molecule has 1 aromatic heterocycles. The molecule has 0 saturated carbocycles. The van der Waals surface area contributed by atoms with E-state index in [9.17, 15) is 4.79 Å². The van der Waals surface area contributed by atoms with E-state index in [1.54, 1.807) is 35.1 Å². The van der Waals surface area contributed by atoms with Crippen LogP contribution in [0, 0.1) is 0 Å². The molecular formula is C15H18N4O2. The van der Waals surface area contributed by atoms with Crippen molar-refractivity contribution in [1.29, 1.82) is 0 Å².